The van der Waals surface area contributed by atoms with Crippen LogP contribution in [0.1, 0.15) is 24.8 Å². The zero-order valence-corrected chi connectivity index (χ0v) is 18.3. The lowest BCUT2D eigenvalue weighted by atomic mass is 10.0. The molecule has 7 heteroatoms. The number of likely N-dealkylation sites (tertiary alicyclic amines) is 1. The molecule has 0 unspecified atom stereocenters. The average Bonchev–Trinajstić information content (AvgIpc) is 3.07. The van der Waals surface area contributed by atoms with E-state index in [0.29, 0.717) is 19.3 Å². The lowest BCUT2D eigenvalue weighted by Gasteiger charge is -2.38. The Labute approximate surface area is 180 Å². The molecule has 3 aliphatic rings. The number of urea groups is 1. The molecule has 0 aliphatic carbocycles. The smallest absolute Gasteiger partial charge is 0.320 e. The molecule has 3 heterocycles. The van der Waals surface area contributed by atoms with E-state index >= 15 is 0 Å². The van der Waals surface area contributed by atoms with Crippen molar-refractivity contribution in [1.29, 1.82) is 0 Å². The number of hydrogen-bond acceptors (Lipinski definition) is 5. The number of hydrogen-bond donors (Lipinski definition) is 0. The van der Waals surface area contributed by atoms with Gasteiger partial charge in [-0.15, -0.1) is 0 Å². The van der Waals surface area contributed by atoms with Crippen molar-refractivity contribution in [3.8, 4) is 5.75 Å². The Morgan fingerprint density at radius 1 is 0.933 bits per heavy atom. The number of amides is 2. The molecule has 0 radical (unpaired) electrons. The third-order valence-corrected chi connectivity index (χ3v) is 6.72. The van der Waals surface area contributed by atoms with Crippen LogP contribution in [-0.4, -0.2) is 104 Å². The number of ether oxygens (including phenoxy) is 2. The lowest BCUT2D eigenvalue weighted by Crippen LogP contribution is -2.49. The van der Waals surface area contributed by atoms with Crippen LogP contribution in [0.3, 0.4) is 0 Å². The molecule has 30 heavy (non-hydrogen) atoms. The summed E-state index contributed by atoms with van der Waals surface area (Å²) in [5.74, 6) is 0.916. The summed E-state index contributed by atoms with van der Waals surface area (Å²) in [6, 6.07) is 9.27. The van der Waals surface area contributed by atoms with Gasteiger partial charge in [0.1, 0.15) is 5.75 Å². The molecule has 0 N–H and O–H groups in total. The molecule has 0 atom stereocenters. The molecule has 166 valence electrons. The van der Waals surface area contributed by atoms with Gasteiger partial charge in [0.25, 0.3) is 0 Å². The second-order valence-corrected chi connectivity index (χ2v) is 8.61. The van der Waals surface area contributed by atoms with Crippen LogP contribution in [0.25, 0.3) is 0 Å². The fourth-order valence-corrected chi connectivity index (χ4v) is 4.88. The second-order valence-electron chi connectivity index (χ2n) is 8.61. The van der Waals surface area contributed by atoms with E-state index in [1.165, 1.54) is 18.4 Å². The third-order valence-electron chi connectivity index (χ3n) is 6.72. The van der Waals surface area contributed by atoms with E-state index in [1.807, 2.05) is 17.0 Å². The van der Waals surface area contributed by atoms with Gasteiger partial charge in [0.15, 0.2) is 0 Å². The number of benzene rings is 1. The van der Waals surface area contributed by atoms with Gasteiger partial charge in [-0.05, 0) is 50.0 Å². The Kier molecular flexibility index (Phi) is 7.47. The number of morpholine rings is 1. The Morgan fingerprint density at radius 2 is 1.63 bits per heavy atom. The summed E-state index contributed by atoms with van der Waals surface area (Å²) in [6.07, 6.45) is 3.50. The minimum Gasteiger partial charge on any atom is -0.497 e. The van der Waals surface area contributed by atoms with E-state index in [0.717, 1.165) is 71.1 Å². The van der Waals surface area contributed by atoms with Gasteiger partial charge in [-0.1, -0.05) is 12.1 Å². The molecular weight excluding hydrogens is 380 g/mol. The van der Waals surface area contributed by atoms with Crippen molar-refractivity contribution in [2.24, 2.45) is 0 Å². The molecule has 2 amide bonds. The summed E-state index contributed by atoms with van der Waals surface area (Å²) in [5, 5.41) is 0. The summed E-state index contributed by atoms with van der Waals surface area (Å²) in [6.45, 7) is 9.92. The van der Waals surface area contributed by atoms with Gasteiger partial charge in [-0.2, -0.15) is 0 Å². The zero-order chi connectivity index (χ0) is 20.8. The number of carbonyl (C=O) groups is 1. The zero-order valence-electron chi connectivity index (χ0n) is 18.3. The van der Waals surface area contributed by atoms with E-state index in [1.54, 1.807) is 7.11 Å². The highest BCUT2D eigenvalue weighted by Crippen LogP contribution is 2.21. The van der Waals surface area contributed by atoms with E-state index in [4.69, 9.17) is 9.47 Å². The largest absolute Gasteiger partial charge is 0.497 e. The van der Waals surface area contributed by atoms with Crippen LogP contribution in [-0.2, 0) is 11.3 Å². The van der Waals surface area contributed by atoms with Crippen LogP contribution in [0.15, 0.2) is 24.3 Å². The maximum absolute atomic E-state index is 12.8. The topological polar surface area (TPSA) is 48.5 Å². The molecule has 3 aliphatic heterocycles. The predicted molar refractivity (Wildman–Crippen MR) is 117 cm³/mol. The van der Waals surface area contributed by atoms with Crippen molar-refractivity contribution in [2.75, 3.05) is 72.7 Å². The number of piperidine rings is 1. The van der Waals surface area contributed by atoms with Gasteiger partial charge in [-0.3, -0.25) is 9.80 Å². The van der Waals surface area contributed by atoms with Gasteiger partial charge >= 0.3 is 6.03 Å². The highest BCUT2D eigenvalue weighted by Gasteiger charge is 2.29. The van der Waals surface area contributed by atoms with E-state index in [9.17, 15) is 4.79 Å². The predicted octanol–water partition coefficient (Wildman–Crippen LogP) is 2.12. The van der Waals surface area contributed by atoms with Crippen LogP contribution < -0.4 is 4.74 Å². The quantitative estimate of drug-likeness (QED) is 0.753. The normalized spacial score (nSPS) is 22.7. The average molecular weight is 417 g/mol. The number of rotatable bonds is 4. The standard InChI is InChI=1S/C23H36N4O3/c1-29-22-5-3-20(4-6-22)19-24-11-7-21(8-12-24)25-9-2-10-26(14-13-25)23(28)27-15-17-30-18-16-27/h3-6,21H,2,7-19H2,1H3. The van der Waals surface area contributed by atoms with Crippen molar-refractivity contribution >= 4 is 6.03 Å². The molecule has 1 aromatic carbocycles. The Bertz CT molecular complexity index is 670. The van der Waals surface area contributed by atoms with Crippen LogP contribution >= 0.6 is 0 Å². The van der Waals surface area contributed by atoms with Gasteiger partial charge in [0.2, 0.25) is 0 Å². The molecule has 4 rings (SSSR count). The molecule has 7 nitrogen and oxygen atoms in total. The minimum atomic E-state index is 0.203. The number of nitrogens with zero attached hydrogens (tertiary/aromatic N) is 4. The van der Waals surface area contributed by atoms with E-state index in [-0.39, 0.29) is 6.03 Å². The van der Waals surface area contributed by atoms with Crippen LogP contribution in [0.2, 0.25) is 0 Å². The van der Waals surface area contributed by atoms with Gasteiger partial charge in [0, 0.05) is 51.9 Å². The molecular formula is C23H36N4O3. The maximum Gasteiger partial charge on any atom is 0.320 e. The molecule has 0 spiro atoms. The van der Waals surface area contributed by atoms with E-state index < -0.39 is 0 Å². The fourth-order valence-electron chi connectivity index (χ4n) is 4.88. The van der Waals surface area contributed by atoms with Crippen molar-refractivity contribution in [3.63, 3.8) is 0 Å². The lowest BCUT2D eigenvalue weighted by molar-refractivity contribution is 0.0432. The SMILES string of the molecule is COc1ccc(CN2CCC(N3CCCN(C(=O)N4CCOCC4)CC3)CC2)cc1. The van der Waals surface area contributed by atoms with Crippen molar-refractivity contribution in [3.05, 3.63) is 29.8 Å². The first kappa shape index (κ1) is 21.4. The first-order chi connectivity index (χ1) is 14.7. The second kappa shape index (κ2) is 10.5. The molecule has 0 bridgehead atoms. The number of carbonyl (C=O) groups excluding carboxylic acids is 1. The number of methoxy groups -OCH3 is 1. The van der Waals surface area contributed by atoms with Crippen molar-refractivity contribution in [1.82, 2.24) is 19.6 Å². The van der Waals surface area contributed by atoms with Crippen LogP contribution in [0, 0.1) is 0 Å². The molecule has 3 saturated heterocycles. The molecule has 1 aromatic rings. The van der Waals surface area contributed by atoms with Gasteiger partial charge in [0.05, 0.1) is 20.3 Å². The van der Waals surface area contributed by atoms with Crippen molar-refractivity contribution in [2.45, 2.75) is 31.8 Å². The molecule has 0 saturated carbocycles. The highest BCUT2D eigenvalue weighted by molar-refractivity contribution is 5.74. The summed E-state index contributed by atoms with van der Waals surface area (Å²) < 4.78 is 10.6. The first-order valence-electron chi connectivity index (χ1n) is 11.4. The Morgan fingerprint density at radius 3 is 2.33 bits per heavy atom. The third kappa shape index (κ3) is 5.45. The van der Waals surface area contributed by atoms with Crippen molar-refractivity contribution < 1.29 is 14.3 Å². The summed E-state index contributed by atoms with van der Waals surface area (Å²) in [7, 11) is 1.71. The minimum absolute atomic E-state index is 0.203. The monoisotopic (exact) mass is 416 g/mol. The maximum atomic E-state index is 12.8. The fraction of sp³-hybridized carbons (Fsp3) is 0.696. The Balaban J connectivity index is 1.22. The van der Waals surface area contributed by atoms with E-state index in [2.05, 4.69) is 26.8 Å². The first-order valence-corrected chi connectivity index (χ1v) is 11.4. The van der Waals surface area contributed by atoms with Crippen LogP contribution in [0.4, 0.5) is 4.79 Å². The highest BCUT2D eigenvalue weighted by atomic mass is 16.5. The molecule has 3 fully saturated rings. The van der Waals surface area contributed by atoms with Gasteiger partial charge < -0.3 is 19.3 Å². The van der Waals surface area contributed by atoms with Crippen LogP contribution in [0.5, 0.6) is 5.75 Å². The summed E-state index contributed by atoms with van der Waals surface area (Å²) in [5.41, 5.74) is 1.35. The van der Waals surface area contributed by atoms with Gasteiger partial charge in [-0.25, -0.2) is 4.79 Å². The summed E-state index contributed by atoms with van der Waals surface area (Å²) >= 11 is 0. The summed E-state index contributed by atoms with van der Waals surface area (Å²) in [4.78, 5) is 22.0. The molecule has 0 aromatic heterocycles. The Hall–Kier alpha value is -1.83.